The van der Waals surface area contributed by atoms with Gasteiger partial charge in [0.25, 0.3) is 0 Å². The van der Waals surface area contributed by atoms with Crippen molar-refractivity contribution >= 4 is 39.5 Å². The highest BCUT2D eigenvalue weighted by Crippen LogP contribution is 2.45. The fourth-order valence-electron chi connectivity index (χ4n) is 12.1. The molecular weight excluding hydrogens is 1280 g/mol. The Morgan fingerprint density at radius 1 is 0.255 bits per heavy atom. The molecule has 0 rings (SSSR count). The molecule has 0 aromatic carbocycles. The molecule has 582 valence electrons. The zero-order chi connectivity index (χ0) is 72.4. The van der Waals surface area contributed by atoms with Gasteiger partial charge >= 0.3 is 39.5 Å². The Hall–Kier alpha value is -1.94. The number of ether oxygens (including phenoxy) is 4. The van der Waals surface area contributed by atoms with E-state index in [1.54, 1.807) is 0 Å². The van der Waals surface area contributed by atoms with Crippen LogP contribution in [0.25, 0.3) is 0 Å². The van der Waals surface area contributed by atoms with Crippen LogP contribution in [0.1, 0.15) is 402 Å². The predicted molar refractivity (Wildman–Crippen MR) is 400 cm³/mol. The summed E-state index contributed by atoms with van der Waals surface area (Å²) in [5.41, 5.74) is 0. The molecule has 0 amide bonds. The lowest BCUT2D eigenvalue weighted by Crippen LogP contribution is -2.30. The fraction of sp³-hybridized carbons (Fsp3) is 0.949. The van der Waals surface area contributed by atoms with E-state index in [9.17, 15) is 43.2 Å². The molecule has 0 spiro atoms. The minimum absolute atomic E-state index is 0.103. The summed E-state index contributed by atoms with van der Waals surface area (Å²) in [5, 5.41) is 10.6. The van der Waals surface area contributed by atoms with Crippen LogP contribution in [-0.2, 0) is 65.4 Å². The molecule has 0 aliphatic rings. The molecule has 5 atom stereocenters. The molecule has 0 saturated heterocycles. The second-order valence-electron chi connectivity index (χ2n) is 30.4. The summed E-state index contributed by atoms with van der Waals surface area (Å²) in [5.74, 6) is 0.895. The average Bonchev–Trinajstić information content (AvgIpc) is 1.54. The van der Waals surface area contributed by atoms with Gasteiger partial charge in [0, 0.05) is 25.7 Å². The zero-order valence-electron chi connectivity index (χ0n) is 64.4. The SMILES string of the molecule is CC(C)CCCCCCCCCCCCCCCCCCCCC(=O)OC[C@H](COP(=O)(O)OC[C@@H](O)COP(=O)(O)OC[C@@H](COC(=O)CCCCCCCCC(C)C)OC(=O)CCCCCCCCCCC(C)C)OC(=O)CCCCCCCCCCCCCCCCC(C)C. The van der Waals surface area contributed by atoms with E-state index in [2.05, 4.69) is 55.4 Å². The van der Waals surface area contributed by atoms with E-state index in [4.69, 9.17) is 37.0 Å². The highest BCUT2D eigenvalue weighted by molar-refractivity contribution is 7.47. The largest absolute Gasteiger partial charge is 0.472 e. The minimum atomic E-state index is -4.96. The van der Waals surface area contributed by atoms with Gasteiger partial charge in [-0.25, -0.2) is 9.13 Å². The number of carbonyl (C=O) groups excluding carboxylic acids is 4. The van der Waals surface area contributed by atoms with E-state index in [0.29, 0.717) is 31.6 Å². The highest BCUT2D eigenvalue weighted by atomic mass is 31.2. The van der Waals surface area contributed by atoms with Crippen molar-refractivity contribution < 1.29 is 80.2 Å². The van der Waals surface area contributed by atoms with Gasteiger partial charge in [-0.3, -0.25) is 37.3 Å². The maximum atomic E-state index is 13.1. The molecular formula is C79H154O17P2. The van der Waals surface area contributed by atoms with Crippen LogP contribution in [0, 0.1) is 23.7 Å². The molecule has 0 saturated carbocycles. The highest BCUT2D eigenvalue weighted by Gasteiger charge is 2.30. The van der Waals surface area contributed by atoms with Crippen molar-refractivity contribution in [2.24, 2.45) is 23.7 Å². The monoisotopic (exact) mass is 1440 g/mol. The fourth-order valence-corrected chi connectivity index (χ4v) is 13.7. The summed E-state index contributed by atoms with van der Waals surface area (Å²) in [6.45, 7) is 14.2. The maximum absolute atomic E-state index is 13.1. The third kappa shape index (κ3) is 72.4. The quantitative estimate of drug-likeness (QED) is 0.0222. The number of hydrogen-bond acceptors (Lipinski definition) is 15. The topological polar surface area (TPSA) is 237 Å². The molecule has 0 heterocycles. The van der Waals surface area contributed by atoms with Crippen LogP contribution in [0.15, 0.2) is 0 Å². The Labute approximate surface area is 600 Å². The molecule has 98 heavy (non-hydrogen) atoms. The molecule has 17 nitrogen and oxygen atoms in total. The summed E-state index contributed by atoms with van der Waals surface area (Å²) in [6.07, 6.45) is 54.5. The first-order chi connectivity index (χ1) is 47.1. The average molecular weight is 1440 g/mol. The number of hydrogen-bond donors (Lipinski definition) is 3. The molecule has 2 unspecified atom stereocenters. The van der Waals surface area contributed by atoms with Crippen molar-refractivity contribution in [1.29, 1.82) is 0 Å². The first-order valence-corrected chi connectivity index (χ1v) is 43.7. The molecule has 0 aliphatic carbocycles. The molecule has 0 aromatic heterocycles. The number of phosphoric acid groups is 2. The molecule has 0 aromatic rings. The summed E-state index contributed by atoms with van der Waals surface area (Å²) in [7, 11) is -9.91. The van der Waals surface area contributed by atoms with Crippen LogP contribution in [0.3, 0.4) is 0 Å². The van der Waals surface area contributed by atoms with E-state index in [1.807, 2.05) is 0 Å². The van der Waals surface area contributed by atoms with Crippen LogP contribution in [-0.4, -0.2) is 96.7 Å². The van der Waals surface area contributed by atoms with Gasteiger partial charge in [0.05, 0.1) is 26.4 Å². The first-order valence-electron chi connectivity index (χ1n) is 40.7. The van der Waals surface area contributed by atoms with E-state index in [1.165, 1.54) is 199 Å². The third-order valence-electron chi connectivity index (χ3n) is 18.3. The Kier molecular flexibility index (Phi) is 66.8. The normalized spacial score (nSPS) is 14.1. The van der Waals surface area contributed by atoms with Crippen molar-refractivity contribution in [1.82, 2.24) is 0 Å². The van der Waals surface area contributed by atoms with Gasteiger partial charge in [-0.1, -0.05) is 351 Å². The summed E-state index contributed by atoms with van der Waals surface area (Å²) in [6, 6.07) is 0. The van der Waals surface area contributed by atoms with Crippen LogP contribution >= 0.6 is 15.6 Å². The van der Waals surface area contributed by atoms with E-state index < -0.39 is 97.5 Å². The molecule has 0 fully saturated rings. The zero-order valence-corrected chi connectivity index (χ0v) is 66.2. The van der Waals surface area contributed by atoms with Gasteiger partial charge in [-0.2, -0.15) is 0 Å². The Morgan fingerprint density at radius 3 is 0.633 bits per heavy atom. The number of esters is 4. The summed E-state index contributed by atoms with van der Waals surface area (Å²) < 4.78 is 68.5. The van der Waals surface area contributed by atoms with Crippen molar-refractivity contribution in [3.05, 3.63) is 0 Å². The number of rotatable bonds is 76. The number of unbranched alkanes of at least 4 members (excludes halogenated alkanes) is 42. The summed E-state index contributed by atoms with van der Waals surface area (Å²) in [4.78, 5) is 72.8. The lowest BCUT2D eigenvalue weighted by Gasteiger charge is -2.21. The van der Waals surface area contributed by atoms with Crippen LogP contribution in [0.4, 0.5) is 0 Å². The minimum Gasteiger partial charge on any atom is -0.462 e. The number of carbonyl (C=O) groups is 4. The van der Waals surface area contributed by atoms with Crippen LogP contribution in [0.5, 0.6) is 0 Å². The van der Waals surface area contributed by atoms with Gasteiger partial charge in [-0.05, 0) is 49.4 Å². The van der Waals surface area contributed by atoms with Gasteiger partial charge in [0.1, 0.15) is 19.3 Å². The molecule has 0 radical (unpaired) electrons. The van der Waals surface area contributed by atoms with Gasteiger partial charge in [0.2, 0.25) is 0 Å². The number of phosphoric ester groups is 2. The molecule has 0 aliphatic heterocycles. The maximum Gasteiger partial charge on any atom is 0.472 e. The Bertz CT molecular complexity index is 1920. The van der Waals surface area contributed by atoms with Crippen LogP contribution in [0.2, 0.25) is 0 Å². The van der Waals surface area contributed by atoms with E-state index >= 15 is 0 Å². The van der Waals surface area contributed by atoms with E-state index in [0.717, 1.165) is 114 Å². The summed E-state index contributed by atoms with van der Waals surface area (Å²) >= 11 is 0. The Morgan fingerprint density at radius 2 is 0.429 bits per heavy atom. The van der Waals surface area contributed by atoms with Crippen molar-refractivity contribution in [2.45, 2.75) is 420 Å². The van der Waals surface area contributed by atoms with Crippen molar-refractivity contribution in [3.8, 4) is 0 Å². The van der Waals surface area contributed by atoms with Gasteiger partial charge < -0.3 is 33.8 Å². The van der Waals surface area contributed by atoms with E-state index in [-0.39, 0.29) is 25.7 Å². The second kappa shape index (κ2) is 68.2. The van der Waals surface area contributed by atoms with Crippen molar-refractivity contribution in [3.63, 3.8) is 0 Å². The lowest BCUT2D eigenvalue weighted by molar-refractivity contribution is -0.161. The standard InChI is InChI=1S/C79H154O17P2/c1-69(2)55-47-39-31-25-21-17-13-11-9-10-12-14-19-23-27-34-43-51-59-76(81)89-65-74(95-78(83)61-53-45-35-28-24-20-16-15-18-22-26-32-40-48-56-70(3)4)67-93-97(85,86)91-63-73(80)64-92-98(87,88)94-68-75(66-90-77(82)60-52-44-38-37-42-50-58-72(7)8)96-79(84)62-54-46-36-30-29-33-41-49-57-71(5)6/h69-75,80H,9-68H2,1-8H3,(H,85,86)(H,87,88)/t73-,74-,75-/m1/s1. The third-order valence-corrected chi connectivity index (χ3v) is 20.2. The predicted octanol–water partition coefficient (Wildman–Crippen LogP) is 23.2. The number of aliphatic hydroxyl groups excluding tert-OH is 1. The van der Waals surface area contributed by atoms with Crippen molar-refractivity contribution in [2.75, 3.05) is 39.6 Å². The lowest BCUT2D eigenvalue weighted by atomic mass is 10.0. The number of aliphatic hydroxyl groups is 1. The molecule has 3 N–H and O–H groups in total. The molecule has 19 heteroatoms. The smallest absolute Gasteiger partial charge is 0.462 e. The molecule has 0 bridgehead atoms. The second-order valence-corrected chi connectivity index (χ2v) is 33.3. The van der Waals surface area contributed by atoms with Crippen LogP contribution < -0.4 is 0 Å². The van der Waals surface area contributed by atoms with Gasteiger partial charge in [0.15, 0.2) is 12.2 Å². The Balaban J connectivity index is 5.19. The van der Waals surface area contributed by atoms with Gasteiger partial charge in [-0.15, -0.1) is 0 Å². The first kappa shape index (κ1) is 96.1.